The van der Waals surface area contributed by atoms with Gasteiger partial charge >= 0.3 is 5.69 Å². The summed E-state index contributed by atoms with van der Waals surface area (Å²) < 4.78 is 37.3. The predicted octanol–water partition coefficient (Wildman–Crippen LogP) is 4.14. The summed E-state index contributed by atoms with van der Waals surface area (Å²) in [6.45, 7) is 2.65. The minimum absolute atomic E-state index is 0.0477. The van der Waals surface area contributed by atoms with Crippen LogP contribution in [0.5, 0.6) is 0 Å². The fourth-order valence-electron chi connectivity index (χ4n) is 4.16. The lowest BCUT2D eigenvalue weighted by Gasteiger charge is -2.21. The van der Waals surface area contributed by atoms with Crippen molar-refractivity contribution in [2.45, 2.75) is 51.2 Å². The molecule has 34 heavy (non-hydrogen) atoms. The zero-order chi connectivity index (χ0) is 23.8. The van der Waals surface area contributed by atoms with Gasteiger partial charge in [0.05, 0.1) is 29.6 Å². The number of fused-ring (bicyclic) bond motifs is 1. The van der Waals surface area contributed by atoms with E-state index in [0.717, 1.165) is 25.2 Å². The van der Waals surface area contributed by atoms with Gasteiger partial charge in [-0.1, -0.05) is 0 Å². The third-order valence-corrected chi connectivity index (χ3v) is 6.35. The Morgan fingerprint density at radius 3 is 2.65 bits per heavy atom. The molecule has 1 saturated heterocycles. The smallest absolute Gasteiger partial charge is 0.335 e. The first kappa shape index (κ1) is 22.4. The molecule has 2 fully saturated rings. The molecular weight excluding hydrogens is 442 g/mol. The van der Waals surface area contributed by atoms with Crippen LogP contribution in [0.4, 0.5) is 8.78 Å². The molecule has 1 aliphatic carbocycles. The molecule has 0 amide bonds. The summed E-state index contributed by atoms with van der Waals surface area (Å²) in [6, 6.07) is 3.81. The second-order valence-corrected chi connectivity index (χ2v) is 8.75. The fraction of sp³-hybridized carbons (Fsp3) is 0.417. The van der Waals surface area contributed by atoms with Crippen LogP contribution < -0.4 is 5.69 Å². The van der Waals surface area contributed by atoms with E-state index in [-0.39, 0.29) is 17.1 Å². The number of rotatable bonds is 3. The van der Waals surface area contributed by atoms with Gasteiger partial charge < -0.3 is 4.74 Å². The highest BCUT2D eigenvalue weighted by Gasteiger charge is 2.26. The minimum Gasteiger partial charge on any atom is -0.373 e. The van der Waals surface area contributed by atoms with Crippen LogP contribution in [-0.2, 0) is 11.8 Å². The molecule has 8 nitrogen and oxygen atoms in total. The lowest BCUT2D eigenvalue weighted by Crippen LogP contribution is -2.19. The van der Waals surface area contributed by atoms with Crippen LogP contribution in [0.25, 0.3) is 17.0 Å². The summed E-state index contributed by atoms with van der Waals surface area (Å²) in [7, 11) is 1.59. The third kappa shape index (κ3) is 4.25. The van der Waals surface area contributed by atoms with Crippen molar-refractivity contribution in [1.82, 2.24) is 28.7 Å². The van der Waals surface area contributed by atoms with E-state index in [9.17, 15) is 13.6 Å². The van der Waals surface area contributed by atoms with Gasteiger partial charge in [-0.2, -0.15) is 5.10 Å². The van der Waals surface area contributed by atoms with Crippen molar-refractivity contribution in [2.24, 2.45) is 7.05 Å². The van der Waals surface area contributed by atoms with Gasteiger partial charge in [0.1, 0.15) is 18.0 Å². The molecule has 0 spiro atoms. The van der Waals surface area contributed by atoms with Crippen LogP contribution in [0, 0.1) is 18.6 Å². The number of halogens is 2. The molecule has 0 unspecified atom stereocenters. The van der Waals surface area contributed by atoms with Crippen molar-refractivity contribution < 1.29 is 13.5 Å². The van der Waals surface area contributed by atoms with E-state index in [2.05, 4.69) is 25.9 Å². The maximum Gasteiger partial charge on any atom is 0.335 e. The standard InChI is InChI=1S/C13H10F2N4O.C11H16N2O/c1-7-11-16-6-17-12(19(11)13(20)18(7)2)9-4-3-8(14)5-10(9)15;1-2-6-14-11(3-1)9-7-12-13(8-9)10-4-5-10/h3-6H,1-2H3;7-8,10-11H,1-6H2/t;11-/m.1/s1. The molecule has 6 rings (SSSR count). The second-order valence-electron chi connectivity index (χ2n) is 8.75. The molecule has 0 bridgehead atoms. The quantitative estimate of drug-likeness (QED) is 0.452. The van der Waals surface area contributed by atoms with Gasteiger partial charge in [0.25, 0.3) is 0 Å². The molecule has 1 aromatic carbocycles. The molecule has 0 radical (unpaired) electrons. The van der Waals surface area contributed by atoms with Gasteiger partial charge in [-0.3, -0.25) is 9.25 Å². The summed E-state index contributed by atoms with van der Waals surface area (Å²) in [4.78, 5) is 20.2. The fourth-order valence-corrected chi connectivity index (χ4v) is 4.16. The van der Waals surface area contributed by atoms with Gasteiger partial charge in [0.2, 0.25) is 0 Å². The first-order valence-corrected chi connectivity index (χ1v) is 11.4. The Hall–Kier alpha value is -3.40. The van der Waals surface area contributed by atoms with Crippen LogP contribution in [0.15, 0.2) is 41.7 Å². The molecule has 0 N–H and O–H groups in total. The maximum absolute atomic E-state index is 13.9. The number of benzene rings is 1. The van der Waals surface area contributed by atoms with Gasteiger partial charge in [0, 0.05) is 31.5 Å². The molecule has 10 heteroatoms. The number of aromatic nitrogens is 6. The van der Waals surface area contributed by atoms with Crippen molar-refractivity contribution in [3.8, 4) is 11.4 Å². The molecule has 178 valence electrons. The zero-order valence-electron chi connectivity index (χ0n) is 19.1. The number of imidazole rings is 1. The maximum atomic E-state index is 13.9. The van der Waals surface area contributed by atoms with Crippen molar-refractivity contribution in [2.75, 3.05) is 6.61 Å². The van der Waals surface area contributed by atoms with Crippen molar-refractivity contribution in [3.05, 3.63) is 70.3 Å². The molecule has 4 heterocycles. The number of hydrogen-bond donors (Lipinski definition) is 0. The van der Waals surface area contributed by atoms with Crippen LogP contribution in [0.1, 0.15) is 55.5 Å². The Labute approximate surface area is 194 Å². The second kappa shape index (κ2) is 9.09. The topological polar surface area (TPSA) is 79.2 Å². The highest BCUT2D eigenvalue weighted by atomic mass is 19.1. The lowest BCUT2D eigenvalue weighted by atomic mass is 10.0. The zero-order valence-corrected chi connectivity index (χ0v) is 19.1. The Balaban J connectivity index is 0.000000150. The lowest BCUT2D eigenvalue weighted by molar-refractivity contribution is 0.0149. The average Bonchev–Trinajstić information content (AvgIpc) is 3.54. The van der Waals surface area contributed by atoms with Crippen LogP contribution in [0.2, 0.25) is 0 Å². The van der Waals surface area contributed by atoms with Crippen LogP contribution in [-0.4, -0.2) is 35.3 Å². The average molecular weight is 469 g/mol. The molecule has 3 aromatic heterocycles. The Morgan fingerprint density at radius 2 is 1.94 bits per heavy atom. The molecule has 1 aliphatic heterocycles. The molecule has 1 saturated carbocycles. The van der Waals surface area contributed by atoms with E-state index in [4.69, 9.17) is 4.74 Å². The SMILES string of the molecule is Cc1c2ncnc(-c3ccc(F)cc3F)n2c(=O)n1C.c1nn(C2CC2)cc1[C@H]1CCCCO1. The molecule has 4 aromatic rings. The first-order chi connectivity index (χ1) is 16.4. The molecular formula is C24H26F2N6O2. The summed E-state index contributed by atoms with van der Waals surface area (Å²) in [5.41, 5.74) is 1.98. The number of nitrogens with zero attached hydrogens (tertiary/aromatic N) is 6. The van der Waals surface area contributed by atoms with Crippen LogP contribution >= 0.6 is 0 Å². The highest BCUT2D eigenvalue weighted by molar-refractivity contribution is 5.60. The van der Waals surface area contributed by atoms with Crippen molar-refractivity contribution >= 4 is 5.65 Å². The van der Waals surface area contributed by atoms with E-state index in [1.54, 1.807) is 14.0 Å². The third-order valence-electron chi connectivity index (χ3n) is 6.35. The van der Waals surface area contributed by atoms with E-state index in [0.29, 0.717) is 23.5 Å². The number of ether oxygens (including phenoxy) is 1. The number of hydrogen-bond acceptors (Lipinski definition) is 5. The summed E-state index contributed by atoms with van der Waals surface area (Å²) in [6.07, 6.45) is 12.0. The van der Waals surface area contributed by atoms with Gasteiger partial charge in [-0.15, -0.1) is 0 Å². The summed E-state index contributed by atoms with van der Waals surface area (Å²) >= 11 is 0. The molecule has 1 atom stereocenters. The highest BCUT2D eigenvalue weighted by Crippen LogP contribution is 2.35. The number of aryl methyl sites for hydroxylation is 1. The summed E-state index contributed by atoms with van der Waals surface area (Å²) in [5, 5.41) is 4.39. The van der Waals surface area contributed by atoms with E-state index < -0.39 is 11.6 Å². The van der Waals surface area contributed by atoms with E-state index in [1.165, 1.54) is 52.6 Å². The minimum atomic E-state index is -0.779. The van der Waals surface area contributed by atoms with Gasteiger partial charge in [0.15, 0.2) is 11.5 Å². The Bertz CT molecular complexity index is 1380. The van der Waals surface area contributed by atoms with Gasteiger partial charge in [-0.05, 0) is 51.2 Å². The first-order valence-electron chi connectivity index (χ1n) is 11.4. The Morgan fingerprint density at radius 1 is 1.12 bits per heavy atom. The van der Waals surface area contributed by atoms with E-state index >= 15 is 0 Å². The summed E-state index contributed by atoms with van der Waals surface area (Å²) in [5.74, 6) is -1.37. The van der Waals surface area contributed by atoms with Crippen LogP contribution in [0.3, 0.4) is 0 Å². The normalized spacial score (nSPS) is 18.1. The largest absolute Gasteiger partial charge is 0.373 e. The van der Waals surface area contributed by atoms with Crippen molar-refractivity contribution in [3.63, 3.8) is 0 Å². The van der Waals surface area contributed by atoms with Gasteiger partial charge in [-0.25, -0.2) is 27.9 Å². The van der Waals surface area contributed by atoms with E-state index in [1.807, 2.05) is 6.20 Å². The van der Waals surface area contributed by atoms with Crippen molar-refractivity contribution in [1.29, 1.82) is 0 Å². The predicted molar refractivity (Wildman–Crippen MR) is 121 cm³/mol. The monoisotopic (exact) mass is 468 g/mol. The molecule has 2 aliphatic rings. The Kier molecular flexibility index (Phi) is 5.99.